The lowest BCUT2D eigenvalue weighted by Crippen LogP contribution is -2.17. The van der Waals surface area contributed by atoms with Crippen molar-refractivity contribution in [1.29, 1.82) is 0 Å². The molecule has 7 heteroatoms. The van der Waals surface area contributed by atoms with Crippen molar-refractivity contribution < 1.29 is 22.4 Å². The summed E-state index contributed by atoms with van der Waals surface area (Å²) in [4.78, 5) is 11.8. The van der Waals surface area contributed by atoms with Crippen LogP contribution in [0.2, 0.25) is 0 Å². The number of halogens is 4. The number of anilines is 2. The standard InChI is InChI=1S/C14H10F4N2O/c15-12-10(2-1-3-11(12)14(16,17)18)13(21)20-9-6-4-8(19)5-7-9/h1-7H,19H2,(H,20,21). The van der Waals surface area contributed by atoms with Gasteiger partial charge in [0.05, 0.1) is 11.1 Å². The Bertz CT molecular complexity index is 666. The van der Waals surface area contributed by atoms with Crippen molar-refractivity contribution in [3.05, 3.63) is 59.4 Å². The zero-order valence-electron chi connectivity index (χ0n) is 10.5. The van der Waals surface area contributed by atoms with Crippen LogP contribution in [-0.2, 0) is 6.18 Å². The molecule has 3 nitrogen and oxygen atoms in total. The van der Waals surface area contributed by atoms with Gasteiger partial charge < -0.3 is 11.1 Å². The molecule has 1 amide bonds. The maximum atomic E-state index is 13.8. The van der Waals surface area contributed by atoms with Crippen molar-refractivity contribution in [1.82, 2.24) is 0 Å². The Balaban J connectivity index is 2.30. The third-order valence-electron chi connectivity index (χ3n) is 2.72. The van der Waals surface area contributed by atoms with Crippen LogP contribution in [0.3, 0.4) is 0 Å². The number of benzene rings is 2. The summed E-state index contributed by atoms with van der Waals surface area (Å²) in [6.07, 6.45) is -4.86. The first kappa shape index (κ1) is 14.8. The Kier molecular flexibility index (Phi) is 3.84. The number of carbonyl (C=O) groups is 1. The maximum absolute atomic E-state index is 13.8. The van der Waals surface area contributed by atoms with Crippen molar-refractivity contribution in [2.45, 2.75) is 6.18 Å². The number of nitrogens with two attached hydrogens (primary N) is 1. The second kappa shape index (κ2) is 5.43. The molecule has 0 aliphatic rings. The SMILES string of the molecule is Nc1ccc(NC(=O)c2cccc(C(F)(F)F)c2F)cc1. The van der Waals surface area contributed by atoms with Crippen LogP contribution < -0.4 is 11.1 Å². The molecule has 0 saturated heterocycles. The highest BCUT2D eigenvalue weighted by Crippen LogP contribution is 2.32. The van der Waals surface area contributed by atoms with Gasteiger partial charge in [-0.05, 0) is 36.4 Å². The average Bonchev–Trinajstić information content (AvgIpc) is 2.40. The van der Waals surface area contributed by atoms with Crippen LogP contribution in [0.5, 0.6) is 0 Å². The van der Waals surface area contributed by atoms with E-state index >= 15 is 0 Å². The topological polar surface area (TPSA) is 55.1 Å². The Morgan fingerprint density at radius 1 is 1.05 bits per heavy atom. The highest BCUT2D eigenvalue weighted by molar-refractivity contribution is 6.04. The minimum Gasteiger partial charge on any atom is -0.399 e. The van der Waals surface area contributed by atoms with E-state index < -0.39 is 29.0 Å². The highest BCUT2D eigenvalue weighted by atomic mass is 19.4. The largest absolute Gasteiger partial charge is 0.419 e. The lowest BCUT2D eigenvalue weighted by Gasteiger charge is -2.11. The van der Waals surface area contributed by atoms with E-state index in [4.69, 9.17) is 5.73 Å². The summed E-state index contributed by atoms with van der Waals surface area (Å²) in [5.41, 5.74) is 4.06. The average molecular weight is 298 g/mol. The minimum atomic E-state index is -4.86. The normalized spacial score (nSPS) is 11.2. The highest BCUT2D eigenvalue weighted by Gasteiger charge is 2.35. The van der Waals surface area contributed by atoms with E-state index in [1.54, 1.807) is 0 Å². The summed E-state index contributed by atoms with van der Waals surface area (Å²) >= 11 is 0. The molecule has 0 heterocycles. The van der Waals surface area contributed by atoms with E-state index in [2.05, 4.69) is 5.32 Å². The van der Waals surface area contributed by atoms with E-state index in [0.717, 1.165) is 12.1 Å². The first-order chi connectivity index (χ1) is 9.79. The molecule has 0 atom stereocenters. The molecule has 0 aliphatic heterocycles. The predicted molar refractivity (Wildman–Crippen MR) is 70.2 cm³/mol. The maximum Gasteiger partial charge on any atom is 0.419 e. The van der Waals surface area contributed by atoms with E-state index in [1.165, 1.54) is 24.3 Å². The van der Waals surface area contributed by atoms with Crippen LogP contribution in [0.1, 0.15) is 15.9 Å². The molecular weight excluding hydrogens is 288 g/mol. The summed E-state index contributed by atoms with van der Waals surface area (Å²) in [7, 11) is 0. The molecule has 2 rings (SSSR count). The van der Waals surface area contributed by atoms with Crippen LogP contribution in [0.25, 0.3) is 0 Å². The van der Waals surface area contributed by atoms with Gasteiger partial charge in [-0.25, -0.2) is 4.39 Å². The molecule has 2 aromatic carbocycles. The molecular formula is C14H10F4N2O. The van der Waals surface area contributed by atoms with Gasteiger partial charge in [0.25, 0.3) is 5.91 Å². The number of rotatable bonds is 2. The predicted octanol–water partition coefficient (Wildman–Crippen LogP) is 3.68. The van der Waals surface area contributed by atoms with Crippen molar-refractivity contribution in [3.8, 4) is 0 Å². The van der Waals surface area contributed by atoms with E-state index in [0.29, 0.717) is 17.4 Å². The summed E-state index contributed by atoms with van der Waals surface area (Å²) in [6, 6.07) is 8.45. The van der Waals surface area contributed by atoms with Crippen molar-refractivity contribution >= 4 is 17.3 Å². The van der Waals surface area contributed by atoms with Gasteiger partial charge in [0.2, 0.25) is 0 Å². The van der Waals surface area contributed by atoms with Gasteiger partial charge in [0, 0.05) is 11.4 Å². The molecule has 0 spiro atoms. The van der Waals surface area contributed by atoms with Crippen molar-refractivity contribution in [2.75, 3.05) is 11.1 Å². The molecule has 2 aromatic rings. The Hall–Kier alpha value is -2.57. The first-order valence-electron chi connectivity index (χ1n) is 5.81. The molecule has 0 saturated carbocycles. The molecule has 0 aromatic heterocycles. The third-order valence-corrected chi connectivity index (χ3v) is 2.72. The van der Waals surface area contributed by atoms with Gasteiger partial charge >= 0.3 is 6.18 Å². The number of nitrogen functional groups attached to an aromatic ring is 1. The Morgan fingerprint density at radius 3 is 2.24 bits per heavy atom. The first-order valence-corrected chi connectivity index (χ1v) is 5.81. The van der Waals surface area contributed by atoms with Crippen LogP contribution in [0, 0.1) is 5.82 Å². The van der Waals surface area contributed by atoms with Gasteiger partial charge in [0.15, 0.2) is 0 Å². The molecule has 0 aliphatic carbocycles. The molecule has 110 valence electrons. The second-order valence-electron chi connectivity index (χ2n) is 4.24. The smallest absolute Gasteiger partial charge is 0.399 e. The summed E-state index contributed by atoms with van der Waals surface area (Å²) in [5.74, 6) is -2.57. The zero-order valence-corrected chi connectivity index (χ0v) is 10.5. The number of hydrogen-bond donors (Lipinski definition) is 2. The van der Waals surface area contributed by atoms with E-state index in [1.807, 2.05) is 0 Å². The second-order valence-corrected chi connectivity index (χ2v) is 4.24. The van der Waals surface area contributed by atoms with Crippen LogP contribution in [0.15, 0.2) is 42.5 Å². The lowest BCUT2D eigenvalue weighted by atomic mass is 10.1. The fourth-order valence-corrected chi connectivity index (χ4v) is 1.69. The molecule has 0 fully saturated rings. The van der Waals surface area contributed by atoms with Crippen LogP contribution >= 0.6 is 0 Å². The number of hydrogen-bond acceptors (Lipinski definition) is 2. The molecule has 3 N–H and O–H groups in total. The van der Waals surface area contributed by atoms with Crippen LogP contribution in [0.4, 0.5) is 28.9 Å². The van der Waals surface area contributed by atoms with Crippen molar-refractivity contribution in [2.24, 2.45) is 0 Å². The molecule has 0 bridgehead atoms. The molecule has 0 radical (unpaired) electrons. The minimum absolute atomic E-state index is 0.297. The summed E-state index contributed by atoms with van der Waals surface area (Å²) in [6.45, 7) is 0. The third kappa shape index (κ3) is 3.31. The zero-order chi connectivity index (χ0) is 15.6. The monoisotopic (exact) mass is 298 g/mol. The molecule has 0 unspecified atom stereocenters. The Labute approximate surface area is 117 Å². The van der Waals surface area contributed by atoms with Gasteiger partial charge in [-0.1, -0.05) is 6.07 Å². The van der Waals surface area contributed by atoms with Gasteiger partial charge in [-0.15, -0.1) is 0 Å². The van der Waals surface area contributed by atoms with Gasteiger partial charge in [0.1, 0.15) is 5.82 Å². The summed E-state index contributed by atoms with van der Waals surface area (Å²) < 4.78 is 51.5. The van der Waals surface area contributed by atoms with E-state index in [-0.39, 0.29) is 0 Å². The Morgan fingerprint density at radius 2 is 1.67 bits per heavy atom. The lowest BCUT2D eigenvalue weighted by molar-refractivity contribution is -0.140. The quantitative estimate of drug-likeness (QED) is 0.656. The molecule has 21 heavy (non-hydrogen) atoms. The summed E-state index contributed by atoms with van der Waals surface area (Å²) in [5, 5.41) is 2.30. The van der Waals surface area contributed by atoms with Crippen LogP contribution in [-0.4, -0.2) is 5.91 Å². The fourth-order valence-electron chi connectivity index (χ4n) is 1.69. The number of carbonyl (C=O) groups excluding carboxylic acids is 1. The number of amides is 1. The number of alkyl halides is 3. The van der Waals surface area contributed by atoms with E-state index in [9.17, 15) is 22.4 Å². The number of nitrogens with one attached hydrogen (secondary N) is 1. The van der Waals surface area contributed by atoms with Crippen molar-refractivity contribution in [3.63, 3.8) is 0 Å². The fraction of sp³-hybridized carbons (Fsp3) is 0.0714. The van der Waals surface area contributed by atoms with Gasteiger partial charge in [-0.3, -0.25) is 4.79 Å². The van der Waals surface area contributed by atoms with Gasteiger partial charge in [-0.2, -0.15) is 13.2 Å².